The van der Waals surface area contributed by atoms with Gasteiger partial charge in [0.2, 0.25) is 11.8 Å². The fourth-order valence-electron chi connectivity index (χ4n) is 1.86. The number of amides is 3. The number of hydrogen-bond acceptors (Lipinski definition) is 4. The topological polar surface area (TPSA) is 100 Å². The number of nitrogens with one attached hydrogen (secondary N) is 3. The Hall–Kier alpha value is -2.31. The molecular formula is C14H19N3O4. The molecule has 0 aromatic carbocycles. The summed E-state index contributed by atoms with van der Waals surface area (Å²) in [6, 6.07) is 1.88. The predicted octanol–water partition coefficient (Wildman–Crippen LogP) is 0.0210. The molecule has 7 heteroatoms. The van der Waals surface area contributed by atoms with E-state index in [9.17, 15) is 14.4 Å². The Morgan fingerprint density at radius 1 is 1.14 bits per heavy atom. The molecule has 0 unspecified atom stereocenters. The highest BCUT2D eigenvalue weighted by molar-refractivity contribution is 5.97. The van der Waals surface area contributed by atoms with Gasteiger partial charge in [0, 0.05) is 6.04 Å². The normalized spacial score (nSPS) is 13.6. The van der Waals surface area contributed by atoms with Crippen molar-refractivity contribution in [1.82, 2.24) is 16.0 Å². The van der Waals surface area contributed by atoms with Gasteiger partial charge >= 0.3 is 0 Å². The SMILES string of the molecule is Cc1cc(C(=O)NCC(=O)NCC(=O)NC2CC2)c(C)o1. The number of hydrogen-bond donors (Lipinski definition) is 3. The molecule has 1 saturated carbocycles. The zero-order chi connectivity index (χ0) is 15.4. The summed E-state index contributed by atoms with van der Waals surface area (Å²) >= 11 is 0. The fraction of sp³-hybridized carbons (Fsp3) is 0.500. The Labute approximate surface area is 122 Å². The average molecular weight is 293 g/mol. The van der Waals surface area contributed by atoms with Gasteiger partial charge in [-0.3, -0.25) is 14.4 Å². The van der Waals surface area contributed by atoms with Crippen LogP contribution in [0.4, 0.5) is 0 Å². The Morgan fingerprint density at radius 3 is 2.38 bits per heavy atom. The van der Waals surface area contributed by atoms with Gasteiger partial charge < -0.3 is 20.4 Å². The summed E-state index contributed by atoms with van der Waals surface area (Å²) < 4.78 is 5.25. The molecule has 1 aliphatic carbocycles. The zero-order valence-electron chi connectivity index (χ0n) is 12.1. The van der Waals surface area contributed by atoms with Crippen LogP contribution in [0.2, 0.25) is 0 Å². The summed E-state index contributed by atoms with van der Waals surface area (Å²) in [7, 11) is 0. The van der Waals surface area contributed by atoms with Crippen LogP contribution in [0.5, 0.6) is 0 Å². The molecule has 1 aromatic heterocycles. The summed E-state index contributed by atoms with van der Waals surface area (Å²) in [5, 5.41) is 7.70. The number of carbonyl (C=O) groups excluding carboxylic acids is 3. The van der Waals surface area contributed by atoms with Gasteiger partial charge in [-0.2, -0.15) is 0 Å². The van der Waals surface area contributed by atoms with Crippen LogP contribution in [0.15, 0.2) is 10.5 Å². The van der Waals surface area contributed by atoms with Crippen molar-refractivity contribution in [1.29, 1.82) is 0 Å². The van der Waals surface area contributed by atoms with Crippen molar-refractivity contribution >= 4 is 17.7 Å². The molecule has 3 amide bonds. The second-order valence-electron chi connectivity index (χ2n) is 5.13. The molecule has 0 aliphatic heterocycles. The van der Waals surface area contributed by atoms with Gasteiger partial charge in [-0.05, 0) is 32.8 Å². The minimum Gasteiger partial charge on any atom is -0.466 e. The quantitative estimate of drug-likeness (QED) is 0.688. The predicted molar refractivity (Wildman–Crippen MR) is 74.7 cm³/mol. The lowest BCUT2D eigenvalue weighted by Gasteiger charge is -2.07. The Bertz CT molecular complexity index is 561. The van der Waals surface area contributed by atoms with E-state index in [0.717, 1.165) is 12.8 Å². The van der Waals surface area contributed by atoms with Gasteiger partial charge in [-0.1, -0.05) is 0 Å². The van der Waals surface area contributed by atoms with Crippen LogP contribution in [-0.2, 0) is 9.59 Å². The summed E-state index contributed by atoms with van der Waals surface area (Å²) in [5.74, 6) is 0.153. The fourth-order valence-corrected chi connectivity index (χ4v) is 1.86. The van der Waals surface area contributed by atoms with Crippen LogP contribution in [0.3, 0.4) is 0 Å². The van der Waals surface area contributed by atoms with Crippen molar-refractivity contribution < 1.29 is 18.8 Å². The van der Waals surface area contributed by atoms with Crippen molar-refractivity contribution in [2.75, 3.05) is 13.1 Å². The molecule has 1 aromatic rings. The van der Waals surface area contributed by atoms with Crippen molar-refractivity contribution in [2.24, 2.45) is 0 Å². The van der Waals surface area contributed by atoms with Crippen molar-refractivity contribution in [3.05, 3.63) is 23.2 Å². The van der Waals surface area contributed by atoms with Crippen molar-refractivity contribution in [3.8, 4) is 0 Å². The van der Waals surface area contributed by atoms with E-state index in [0.29, 0.717) is 17.1 Å². The Kier molecular flexibility index (Phi) is 4.62. The van der Waals surface area contributed by atoms with Crippen LogP contribution < -0.4 is 16.0 Å². The first kappa shape index (κ1) is 15.1. The second kappa shape index (κ2) is 6.43. The molecule has 1 fully saturated rings. The molecule has 7 nitrogen and oxygen atoms in total. The van der Waals surface area contributed by atoms with E-state index in [1.54, 1.807) is 19.9 Å². The van der Waals surface area contributed by atoms with Gasteiger partial charge in [-0.15, -0.1) is 0 Å². The highest BCUT2D eigenvalue weighted by atomic mass is 16.3. The van der Waals surface area contributed by atoms with Crippen LogP contribution in [0, 0.1) is 13.8 Å². The number of furan rings is 1. The van der Waals surface area contributed by atoms with Crippen molar-refractivity contribution in [3.63, 3.8) is 0 Å². The zero-order valence-corrected chi connectivity index (χ0v) is 12.1. The van der Waals surface area contributed by atoms with Crippen LogP contribution >= 0.6 is 0 Å². The molecule has 1 heterocycles. The minimum absolute atomic E-state index is 0.0744. The van der Waals surface area contributed by atoms with E-state index in [4.69, 9.17) is 4.42 Å². The molecule has 2 rings (SSSR count). The van der Waals surface area contributed by atoms with Crippen LogP contribution in [0.1, 0.15) is 34.7 Å². The van der Waals surface area contributed by atoms with Gasteiger partial charge in [0.25, 0.3) is 5.91 Å². The van der Waals surface area contributed by atoms with E-state index >= 15 is 0 Å². The Balaban J connectivity index is 1.69. The van der Waals surface area contributed by atoms with Crippen molar-refractivity contribution in [2.45, 2.75) is 32.7 Å². The summed E-state index contributed by atoms with van der Waals surface area (Å²) in [5.41, 5.74) is 0.409. The van der Waals surface area contributed by atoms with E-state index in [1.807, 2.05) is 0 Å². The lowest BCUT2D eigenvalue weighted by molar-refractivity contribution is -0.125. The maximum Gasteiger partial charge on any atom is 0.255 e. The summed E-state index contributed by atoms with van der Waals surface area (Å²) in [6.45, 7) is 3.17. The summed E-state index contributed by atoms with van der Waals surface area (Å²) in [6.07, 6.45) is 2.00. The van der Waals surface area contributed by atoms with Crippen LogP contribution in [0.25, 0.3) is 0 Å². The van der Waals surface area contributed by atoms with Gasteiger partial charge in [0.15, 0.2) is 0 Å². The van der Waals surface area contributed by atoms with E-state index in [1.165, 1.54) is 0 Å². The Morgan fingerprint density at radius 2 is 1.81 bits per heavy atom. The third-order valence-electron chi connectivity index (χ3n) is 3.08. The van der Waals surface area contributed by atoms with E-state index in [2.05, 4.69) is 16.0 Å². The first-order chi connectivity index (χ1) is 9.95. The highest BCUT2D eigenvalue weighted by Crippen LogP contribution is 2.18. The van der Waals surface area contributed by atoms with Crippen LogP contribution in [-0.4, -0.2) is 36.9 Å². The molecule has 0 bridgehead atoms. The maximum absolute atomic E-state index is 11.8. The third-order valence-corrected chi connectivity index (χ3v) is 3.08. The number of carbonyl (C=O) groups is 3. The van der Waals surface area contributed by atoms with Gasteiger partial charge in [-0.25, -0.2) is 0 Å². The standard InChI is InChI=1S/C14H19N3O4/c1-8-5-11(9(2)21-8)14(20)16-6-12(18)15-7-13(19)17-10-3-4-10/h5,10H,3-4,6-7H2,1-2H3,(H,15,18)(H,16,20)(H,17,19). The molecule has 0 atom stereocenters. The molecule has 0 spiro atoms. The molecule has 0 saturated heterocycles. The molecule has 1 aliphatic rings. The van der Waals surface area contributed by atoms with Gasteiger partial charge in [0.1, 0.15) is 11.5 Å². The first-order valence-corrected chi connectivity index (χ1v) is 6.87. The number of aryl methyl sites for hydroxylation is 2. The largest absolute Gasteiger partial charge is 0.466 e. The van der Waals surface area contributed by atoms with Gasteiger partial charge in [0.05, 0.1) is 18.7 Å². The van der Waals surface area contributed by atoms with E-state index in [-0.39, 0.29) is 30.9 Å². The molecule has 114 valence electrons. The molecule has 3 N–H and O–H groups in total. The third kappa shape index (κ3) is 4.62. The van der Waals surface area contributed by atoms with E-state index < -0.39 is 5.91 Å². The number of rotatable bonds is 6. The highest BCUT2D eigenvalue weighted by Gasteiger charge is 2.23. The molecular weight excluding hydrogens is 274 g/mol. The monoisotopic (exact) mass is 293 g/mol. The first-order valence-electron chi connectivity index (χ1n) is 6.87. The minimum atomic E-state index is -0.410. The maximum atomic E-state index is 11.8. The smallest absolute Gasteiger partial charge is 0.255 e. The lowest BCUT2D eigenvalue weighted by Crippen LogP contribution is -2.42. The average Bonchev–Trinajstić information content (AvgIpc) is 3.17. The summed E-state index contributed by atoms with van der Waals surface area (Å²) in [4.78, 5) is 34.8. The second-order valence-corrected chi connectivity index (χ2v) is 5.13. The molecule has 21 heavy (non-hydrogen) atoms. The molecule has 0 radical (unpaired) electrons. The lowest BCUT2D eigenvalue weighted by atomic mass is 10.2.